The number of amides is 2. The number of aliphatic imine (C=N–C) groups is 1. The van der Waals surface area contributed by atoms with Crippen molar-refractivity contribution in [2.75, 3.05) is 23.4 Å². The first kappa shape index (κ1) is 26.1. The number of unbranched alkanes of at least 4 members (excludes halogenated alkanes) is 3. The van der Waals surface area contributed by atoms with E-state index in [1.165, 1.54) is 29.5 Å². The van der Waals surface area contributed by atoms with Crippen molar-refractivity contribution in [2.24, 2.45) is 4.99 Å². The monoisotopic (exact) mass is 501 g/mol. The number of thioether (sulfide) groups is 1. The molecule has 1 N–H and O–H groups in total. The van der Waals surface area contributed by atoms with Crippen molar-refractivity contribution in [3.8, 4) is 5.75 Å². The van der Waals surface area contributed by atoms with Crippen molar-refractivity contribution in [3.63, 3.8) is 0 Å². The predicted molar refractivity (Wildman–Crippen MR) is 142 cm³/mol. The highest BCUT2D eigenvalue weighted by atomic mass is 35.5. The van der Waals surface area contributed by atoms with Gasteiger partial charge in [0.25, 0.3) is 0 Å². The van der Waals surface area contributed by atoms with Crippen molar-refractivity contribution in [1.82, 2.24) is 0 Å². The summed E-state index contributed by atoms with van der Waals surface area (Å²) in [6.45, 7) is 7.25. The van der Waals surface area contributed by atoms with Gasteiger partial charge in [0.1, 0.15) is 11.0 Å². The van der Waals surface area contributed by atoms with E-state index in [4.69, 9.17) is 16.3 Å². The molecule has 0 aromatic heterocycles. The second-order valence-corrected chi connectivity index (χ2v) is 9.75. The number of benzene rings is 2. The van der Waals surface area contributed by atoms with E-state index in [0.717, 1.165) is 29.8 Å². The Balaban J connectivity index is 1.62. The summed E-state index contributed by atoms with van der Waals surface area (Å²) < 4.78 is 5.77. The van der Waals surface area contributed by atoms with Crippen LogP contribution in [0.25, 0.3) is 0 Å². The number of anilines is 2. The highest BCUT2D eigenvalue weighted by Gasteiger charge is 2.40. The molecule has 0 unspecified atom stereocenters. The molecule has 6 nitrogen and oxygen atoms in total. The Kier molecular flexibility index (Phi) is 9.84. The minimum absolute atomic E-state index is 0.123. The van der Waals surface area contributed by atoms with Gasteiger partial charge in [0, 0.05) is 23.7 Å². The smallest absolute Gasteiger partial charge is 0.247 e. The highest BCUT2D eigenvalue weighted by Crippen LogP contribution is 2.32. The molecule has 3 rings (SSSR count). The molecule has 1 heterocycles. The maximum Gasteiger partial charge on any atom is 0.247 e. The van der Waals surface area contributed by atoms with Crippen molar-refractivity contribution in [1.29, 1.82) is 0 Å². The van der Waals surface area contributed by atoms with Gasteiger partial charge in [-0.1, -0.05) is 55.6 Å². The summed E-state index contributed by atoms with van der Waals surface area (Å²) in [6.07, 6.45) is 4.69. The molecule has 1 fully saturated rings. The SMILES string of the molecule is CCCCCCOc1ccc(N2C(=O)C[C@@H](SC(=NCC)Nc3ccc(C)c(Cl)c3)C2=O)cc1. The second kappa shape index (κ2) is 12.8. The highest BCUT2D eigenvalue weighted by molar-refractivity contribution is 8.15. The molecule has 0 spiro atoms. The molecule has 34 heavy (non-hydrogen) atoms. The Morgan fingerprint density at radius 1 is 1.15 bits per heavy atom. The normalized spacial score (nSPS) is 16.3. The number of imide groups is 1. The van der Waals surface area contributed by atoms with Crippen LogP contribution in [0.2, 0.25) is 5.02 Å². The fourth-order valence-corrected chi connectivity index (χ4v) is 4.82. The third kappa shape index (κ3) is 7.00. The molecule has 2 amide bonds. The molecule has 1 atom stereocenters. The maximum atomic E-state index is 13.1. The second-order valence-electron chi connectivity index (χ2n) is 8.15. The summed E-state index contributed by atoms with van der Waals surface area (Å²) in [5.74, 6) is 0.282. The molecule has 0 bridgehead atoms. The molecule has 2 aromatic carbocycles. The number of carbonyl (C=O) groups excluding carboxylic acids is 2. The van der Waals surface area contributed by atoms with Crippen molar-refractivity contribution >= 4 is 51.7 Å². The zero-order valence-corrected chi connectivity index (χ0v) is 21.5. The largest absolute Gasteiger partial charge is 0.494 e. The molecule has 2 aromatic rings. The quantitative estimate of drug-likeness (QED) is 0.175. The molecule has 182 valence electrons. The lowest BCUT2D eigenvalue weighted by molar-refractivity contribution is -0.121. The van der Waals surface area contributed by atoms with E-state index >= 15 is 0 Å². The zero-order chi connectivity index (χ0) is 24.5. The summed E-state index contributed by atoms with van der Waals surface area (Å²) in [5.41, 5.74) is 2.33. The lowest BCUT2D eigenvalue weighted by Crippen LogP contribution is -2.31. The Labute approximate surface area is 211 Å². The standard InChI is InChI=1S/C26H32ClN3O3S/c1-4-6-7-8-15-33-21-13-11-20(12-14-21)30-24(31)17-23(25(30)32)34-26(28-5-2)29-19-10-9-18(3)22(27)16-19/h9-14,16,23H,4-8,15,17H2,1-3H3,(H,28,29)/t23-/m1/s1. The number of nitrogens with zero attached hydrogens (tertiary/aromatic N) is 2. The van der Waals surface area contributed by atoms with Gasteiger partial charge < -0.3 is 10.1 Å². The molecule has 1 aliphatic rings. The zero-order valence-electron chi connectivity index (χ0n) is 20.0. The first-order chi connectivity index (χ1) is 16.4. The number of halogens is 1. The first-order valence-corrected chi connectivity index (χ1v) is 13.0. The number of hydrogen-bond donors (Lipinski definition) is 1. The molecule has 1 saturated heterocycles. The number of aryl methyl sites for hydroxylation is 1. The van der Waals surface area contributed by atoms with Crippen molar-refractivity contribution in [3.05, 3.63) is 53.1 Å². The minimum Gasteiger partial charge on any atom is -0.494 e. The van der Waals surface area contributed by atoms with Crippen molar-refractivity contribution < 1.29 is 14.3 Å². The van der Waals surface area contributed by atoms with E-state index in [1.807, 2.05) is 44.2 Å². The van der Waals surface area contributed by atoms with Crippen LogP contribution in [0, 0.1) is 6.92 Å². The third-order valence-corrected chi connectivity index (χ3v) is 6.96. The molecule has 0 radical (unpaired) electrons. The van der Waals surface area contributed by atoms with Crippen LogP contribution in [0.15, 0.2) is 47.5 Å². The van der Waals surface area contributed by atoms with Gasteiger partial charge in [0.2, 0.25) is 11.8 Å². The van der Waals surface area contributed by atoms with E-state index in [-0.39, 0.29) is 18.2 Å². The van der Waals surface area contributed by atoms with Gasteiger partial charge in [-0.15, -0.1) is 0 Å². The molecular formula is C26H32ClN3O3S. The minimum atomic E-state index is -0.541. The van der Waals surface area contributed by atoms with E-state index in [0.29, 0.717) is 29.0 Å². The first-order valence-electron chi connectivity index (χ1n) is 11.8. The van der Waals surface area contributed by atoms with Crippen LogP contribution >= 0.6 is 23.4 Å². The van der Waals surface area contributed by atoms with Crippen LogP contribution in [-0.2, 0) is 9.59 Å². The number of amidine groups is 1. The van der Waals surface area contributed by atoms with Gasteiger partial charge >= 0.3 is 0 Å². The van der Waals surface area contributed by atoms with Gasteiger partial charge in [-0.25, -0.2) is 4.90 Å². The van der Waals surface area contributed by atoms with Crippen LogP contribution < -0.4 is 15.0 Å². The fourth-order valence-electron chi connectivity index (χ4n) is 3.56. The number of rotatable bonds is 10. The topological polar surface area (TPSA) is 71.0 Å². The average Bonchev–Trinajstić information content (AvgIpc) is 3.09. The summed E-state index contributed by atoms with van der Waals surface area (Å²) in [7, 11) is 0. The predicted octanol–water partition coefficient (Wildman–Crippen LogP) is 6.46. The number of ether oxygens (including phenoxy) is 1. The maximum absolute atomic E-state index is 13.1. The van der Waals surface area contributed by atoms with Gasteiger partial charge in [-0.2, -0.15) is 0 Å². The van der Waals surface area contributed by atoms with E-state index in [9.17, 15) is 9.59 Å². The number of hydrogen-bond acceptors (Lipinski definition) is 5. The van der Waals surface area contributed by atoms with Crippen LogP contribution in [0.1, 0.15) is 51.5 Å². The summed E-state index contributed by atoms with van der Waals surface area (Å²) >= 11 is 7.50. The van der Waals surface area contributed by atoms with Crippen molar-refractivity contribution in [2.45, 2.75) is 58.1 Å². The van der Waals surface area contributed by atoms with Gasteiger partial charge in [-0.3, -0.25) is 14.6 Å². The molecular weight excluding hydrogens is 470 g/mol. The van der Waals surface area contributed by atoms with Crippen LogP contribution in [0.5, 0.6) is 5.75 Å². The van der Waals surface area contributed by atoms with E-state index < -0.39 is 5.25 Å². The van der Waals surface area contributed by atoms with Crippen LogP contribution in [0.4, 0.5) is 11.4 Å². The van der Waals surface area contributed by atoms with Gasteiger partial charge in [0.05, 0.1) is 12.3 Å². The Hall–Kier alpha value is -2.51. The summed E-state index contributed by atoms with van der Waals surface area (Å²) in [5, 5.41) is 3.93. The number of carbonyl (C=O) groups is 2. The van der Waals surface area contributed by atoms with Crippen LogP contribution in [0.3, 0.4) is 0 Å². The fraction of sp³-hybridized carbons (Fsp3) is 0.423. The number of nitrogens with one attached hydrogen (secondary N) is 1. The van der Waals surface area contributed by atoms with E-state index in [1.54, 1.807) is 12.1 Å². The summed E-state index contributed by atoms with van der Waals surface area (Å²) in [6, 6.07) is 12.8. The van der Waals surface area contributed by atoms with Crippen LogP contribution in [-0.4, -0.2) is 35.4 Å². The molecule has 1 aliphatic heterocycles. The molecule has 0 aliphatic carbocycles. The lowest BCUT2D eigenvalue weighted by Gasteiger charge is -2.16. The van der Waals surface area contributed by atoms with Gasteiger partial charge in [-0.05, 0) is 62.2 Å². The molecule has 8 heteroatoms. The Morgan fingerprint density at radius 2 is 1.91 bits per heavy atom. The van der Waals surface area contributed by atoms with E-state index in [2.05, 4.69) is 17.2 Å². The summed E-state index contributed by atoms with van der Waals surface area (Å²) in [4.78, 5) is 31.6. The average molecular weight is 502 g/mol. The third-order valence-electron chi connectivity index (χ3n) is 5.45. The molecule has 0 saturated carbocycles. The van der Waals surface area contributed by atoms with Gasteiger partial charge in [0.15, 0.2) is 5.17 Å². The Morgan fingerprint density at radius 3 is 2.59 bits per heavy atom. The lowest BCUT2D eigenvalue weighted by atomic mass is 10.2. The Bertz CT molecular complexity index is 1030.